The van der Waals surface area contributed by atoms with Gasteiger partial charge in [-0.25, -0.2) is 13.1 Å². The van der Waals surface area contributed by atoms with Crippen LogP contribution >= 0.6 is 0 Å². The van der Waals surface area contributed by atoms with Crippen molar-refractivity contribution in [3.8, 4) is 5.75 Å². The molecule has 0 amide bonds. The molecular formula is C14H21NO5S. The summed E-state index contributed by atoms with van der Waals surface area (Å²) in [4.78, 5) is 10.6. The lowest BCUT2D eigenvalue weighted by atomic mass is 10.0. The Morgan fingerprint density at radius 1 is 1.38 bits per heavy atom. The Balaban J connectivity index is 2.74. The SMILES string of the molecule is COc1cccc(CS(=O)(=O)NC(C)(C)CCC(=O)O)c1. The van der Waals surface area contributed by atoms with Crippen molar-refractivity contribution in [1.82, 2.24) is 4.72 Å². The van der Waals surface area contributed by atoms with Crippen molar-refractivity contribution in [1.29, 1.82) is 0 Å². The van der Waals surface area contributed by atoms with E-state index in [1.54, 1.807) is 38.1 Å². The second-order valence-electron chi connectivity index (χ2n) is 5.49. The van der Waals surface area contributed by atoms with Crippen molar-refractivity contribution >= 4 is 16.0 Å². The number of nitrogens with one attached hydrogen (secondary N) is 1. The van der Waals surface area contributed by atoms with Gasteiger partial charge in [-0.3, -0.25) is 4.79 Å². The molecule has 0 aliphatic carbocycles. The van der Waals surface area contributed by atoms with Gasteiger partial charge in [0.15, 0.2) is 0 Å². The lowest BCUT2D eigenvalue weighted by Crippen LogP contribution is -2.44. The number of methoxy groups -OCH3 is 1. The van der Waals surface area contributed by atoms with Crippen LogP contribution in [0.4, 0.5) is 0 Å². The van der Waals surface area contributed by atoms with E-state index in [4.69, 9.17) is 9.84 Å². The zero-order valence-electron chi connectivity index (χ0n) is 12.4. The van der Waals surface area contributed by atoms with E-state index in [-0.39, 0.29) is 18.6 Å². The minimum Gasteiger partial charge on any atom is -0.497 e. The van der Waals surface area contributed by atoms with Gasteiger partial charge in [0.2, 0.25) is 10.0 Å². The van der Waals surface area contributed by atoms with Gasteiger partial charge >= 0.3 is 5.97 Å². The molecule has 0 bridgehead atoms. The fourth-order valence-corrected chi connectivity index (χ4v) is 3.54. The van der Waals surface area contributed by atoms with E-state index in [1.807, 2.05) is 0 Å². The van der Waals surface area contributed by atoms with Gasteiger partial charge in [0, 0.05) is 12.0 Å². The average molecular weight is 315 g/mol. The summed E-state index contributed by atoms with van der Waals surface area (Å²) in [7, 11) is -2.05. The number of hydrogen-bond acceptors (Lipinski definition) is 4. The van der Waals surface area contributed by atoms with Crippen molar-refractivity contribution in [3.63, 3.8) is 0 Å². The maximum Gasteiger partial charge on any atom is 0.303 e. The second-order valence-corrected chi connectivity index (χ2v) is 7.21. The van der Waals surface area contributed by atoms with Crippen LogP contribution in [0.5, 0.6) is 5.75 Å². The van der Waals surface area contributed by atoms with Crippen molar-refractivity contribution in [2.24, 2.45) is 0 Å². The van der Waals surface area contributed by atoms with Crippen molar-refractivity contribution < 1.29 is 23.1 Å². The van der Waals surface area contributed by atoms with E-state index in [2.05, 4.69) is 4.72 Å². The monoisotopic (exact) mass is 315 g/mol. The Hall–Kier alpha value is -1.60. The molecule has 0 fully saturated rings. The predicted molar refractivity (Wildman–Crippen MR) is 79.7 cm³/mol. The molecule has 1 aromatic rings. The molecule has 118 valence electrons. The van der Waals surface area contributed by atoms with Crippen molar-refractivity contribution in [2.75, 3.05) is 7.11 Å². The highest BCUT2D eigenvalue weighted by molar-refractivity contribution is 7.88. The van der Waals surface area contributed by atoms with Gasteiger partial charge in [-0.15, -0.1) is 0 Å². The largest absolute Gasteiger partial charge is 0.497 e. The summed E-state index contributed by atoms with van der Waals surface area (Å²) >= 11 is 0. The van der Waals surface area contributed by atoms with Crippen LogP contribution in [-0.4, -0.2) is 32.1 Å². The fourth-order valence-electron chi connectivity index (χ4n) is 1.91. The highest BCUT2D eigenvalue weighted by Crippen LogP contribution is 2.17. The third-order valence-electron chi connectivity index (χ3n) is 2.89. The Morgan fingerprint density at radius 2 is 2.05 bits per heavy atom. The van der Waals surface area contributed by atoms with Crippen LogP contribution in [-0.2, 0) is 20.6 Å². The molecule has 2 N–H and O–H groups in total. The molecule has 0 unspecified atom stereocenters. The molecule has 0 aliphatic heterocycles. The van der Waals surface area contributed by atoms with Crippen LogP contribution in [0.2, 0.25) is 0 Å². The molecule has 0 aliphatic rings. The summed E-state index contributed by atoms with van der Waals surface area (Å²) in [5, 5.41) is 8.68. The van der Waals surface area contributed by atoms with Gasteiger partial charge in [0.25, 0.3) is 0 Å². The summed E-state index contributed by atoms with van der Waals surface area (Å²) in [6.45, 7) is 3.33. The molecule has 0 aromatic heterocycles. The van der Waals surface area contributed by atoms with Crippen LogP contribution < -0.4 is 9.46 Å². The van der Waals surface area contributed by atoms with Gasteiger partial charge in [-0.1, -0.05) is 12.1 Å². The number of carboxylic acids is 1. The highest BCUT2D eigenvalue weighted by Gasteiger charge is 2.25. The maximum absolute atomic E-state index is 12.2. The normalized spacial score (nSPS) is 12.1. The fraction of sp³-hybridized carbons (Fsp3) is 0.500. The van der Waals surface area contributed by atoms with Crippen LogP contribution in [0.25, 0.3) is 0 Å². The predicted octanol–water partition coefficient (Wildman–Crippen LogP) is 1.76. The van der Waals surface area contributed by atoms with E-state index < -0.39 is 21.5 Å². The van der Waals surface area contributed by atoms with E-state index in [1.165, 1.54) is 7.11 Å². The summed E-state index contributed by atoms with van der Waals surface area (Å²) in [5.74, 6) is -0.538. The summed E-state index contributed by atoms with van der Waals surface area (Å²) in [6, 6.07) is 6.81. The lowest BCUT2D eigenvalue weighted by molar-refractivity contribution is -0.137. The van der Waals surface area contributed by atoms with Crippen LogP contribution in [0, 0.1) is 0 Å². The Bertz CT molecular complexity index is 595. The van der Waals surface area contributed by atoms with Crippen LogP contribution in [0.15, 0.2) is 24.3 Å². The third-order valence-corrected chi connectivity index (χ3v) is 4.46. The Labute approximate surface area is 125 Å². The number of ether oxygens (including phenoxy) is 1. The molecule has 0 saturated carbocycles. The molecule has 1 rings (SSSR count). The van der Waals surface area contributed by atoms with Crippen LogP contribution in [0.3, 0.4) is 0 Å². The minimum absolute atomic E-state index is 0.0886. The minimum atomic E-state index is -3.56. The van der Waals surface area contributed by atoms with E-state index >= 15 is 0 Å². The molecule has 0 spiro atoms. The number of carboxylic acid groups (broad SMARTS) is 1. The molecule has 0 heterocycles. The lowest BCUT2D eigenvalue weighted by Gasteiger charge is -2.25. The Kier molecular flexibility index (Phi) is 5.74. The van der Waals surface area contributed by atoms with Gasteiger partial charge in [0.1, 0.15) is 5.75 Å². The average Bonchev–Trinajstić information content (AvgIpc) is 2.35. The van der Waals surface area contributed by atoms with E-state index in [0.29, 0.717) is 11.3 Å². The number of benzene rings is 1. The molecule has 0 saturated heterocycles. The Morgan fingerprint density at radius 3 is 2.62 bits per heavy atom. The molecule has 0 radical (unpaired) electrons. The number of hydrogen-bond donors (Lipinski definition) is 2. The number of sulfonamides is 1. The smallest absolute Gasteiger partial charge is 0.303 e. The topological polar surface area (TPSA) is 92.7 Å². The zero-order chi connectivity index (χ0) is 16.1. The van der Waals surface area contributed by atoms with Crippen molar-refractivity contribution in [2.45, 2.75) is 38.0 Å². The van der Waals surface area contributed by atoms with Gasteiger partial charge < -0.3 is 9.84 Å². The first-order valence-electron chi connectivity index (χ1n) is 6.50. The molecule has 6 nitrogen and oxygen atoms in total. The number of rotatable bonds is 8. The van der Waals surface area contributed by atoms with Crippen molar-refractivity contribution in [3.05, 3.63) is 29.8 Å². The van der Waals surface area contributed by atoms with Gasteiger partial charge in [-0.05, 0) is 38.0 Å². The van der Waals surface area contributed by atoms with E-state index in [9.17, 15) is 13.2 Å². The summed E-state index contributed by atoms with van der Waals surface area (Å²) in [6.07, 6.45) is 0.133. The first-order chi connectivity index (χ1) is 9.63. The standard InChI is InChI=1S/C14H21NO5S/c1-14(2,8-7-13(16)17)15-21(18,19)10-11-5-4-6-12(9-11)20-3/h4-6,9,15H,7-8,10H2,1-3H3,(H,16,17). The number of carbonyl (C=O) groups is 1. The van der Waals surface area contributed by atoms with Gasteiger partial charge in [-0.2, -0.15) is 0 Å². The van der Waals surface area contributed by atoms with E-state index in [0.717, 1.165) is 0 Å². The quantitative estimate of drug-likeness (QED) is 0.762. The zero-order valence-corrected chi connectivity index (χ0v) is 13.2. The maximum atomic E-state index is 12.2. The molecule has 1 aromatic carbocycles. The summed E-state index contributed by atoms with van der Waals surface area (Å²) < 4.78 is 31.9. The molecule has 21 heavy (non-hydrogen) atoms. The number of aliphatic carboxylic acids is 1. The molecule has 7 heteroatoms. The first kappa shape index (κ1) is 17.5. The molecule has 0 atom stereocenters. The van der Waals surface area contributed by atoms with Crippen LogP contribution in [0.1, 0.15) is 32.3 Å². The molecular weight excluding hydrogens is 294 g/mol. The highest BCUT2D eigenvalue weighted by atomic mass is 32.2. The third kappa shape index (κ3) is 6.59. The van der Waals surface area contributed by atoms with Gasteiger partial charge in [0.05, 0.1) is 12.9 Å². The second kappa shape index (κ2) is 6.91. The first-order valence-corrected chi connectivity index (χ1v) is 8.15. The summed E-state index contributed by atoms with van der Waals surface area (Å²) in [5.41, 5.74) is -0.202.